The van der Waals surface area contributed by atoms with Crippen LogP contribution in [-0.4, -0.2) is 42.4 Å². The van der Waals surface area contributed by atoms with Crippen molar-refractivity contribution in [1.29, 1.82) is 0 Å². The monoisotopic (exact) mass is 425 g/mol. The largest absolute Gasteiger partial charge is 0.484 e. The fraction of sp³-hybridized carbons (Fsp3) is 0.136. The molecule has 2 amide bonds. The fourth-order valence-corrected chi connectivity index (χ4v) is 2.47. The number of nitrogens with one attached hydrogen (secondary N) is 1. The zero-order valence-corrected chi connectivity index (χ0v) is 17.2. The lowest BCUT2D eigenvalue weighted by Crippen LogP contribution is -2.27. The minimum absolute atomic E-state index is 0.100. The highest BCUT2D eigenvalue weighted by atomic mass is 35.5. The number of benzene rings is 2. The number of ether oxygens (including phenoxy) is 2. The molecule has 0 fully saturated rings. The van der Waals surface area contributed by atoms with E-state index in [1.807, 2.05) is 0 Å². The fourth-order valence-electron chi connectivity index (χ4n) is 2.34. The number of anilines is 1. The quantitative estimate of drug-likeness (QED) is 0.612. The highest BCUT2D eigenvalue weighted by Crippen LogP contribution is 2.22. The average molecular weight is 426 g/mol. The number of hydrogen-bond acceptors (Lipinski definition) is 5. The molecule has 0 aliphatic carbocycles. The first kappa shape index (κ1) is 21.1. The molecule has 2 aromatic carbocycles. The van der Waals surface area contributed by atoms with Crippen LogP contribution < -0.4 is 14.8 Å². The van der Waals surface area contributed by atoms with Crippen molar-refractivity contribution in [1.82, 2.24) is 9.88 Å². The van der Waals surface area contributed by atoms with Crippen molar-refractivity contribution >= 4 is 29.1 Å². The third-order valence-corrected chi connectivity index (χ3v) is 4.24. The average Bonchev–Trinajstić information content (AvgIpc) is 2.75. The maximum atomic E-state index is 12.5. The Labute approximate surface area is 179 Å². The molecule has 154 valence electrons. The first-order valence-corrected chi connectivity index (χ1v) is 9.42. The number of halogens is 1. The van der Waals surface area contributed by atoms with Crippen LogP contribution in [0.1, 0.15) is 10.4 Å². The molecule has 1 heterocycles. The number of pyridine rings is 1. The number of likely N-dealkylation sites (N-methyl/N-ethyl adjacent to an activating group) is 1. The summed E-state index contributed by atoms with van der Waals surface area (Å²) in [6.07, 6.45) is 1.50. The van der Waals surface area contributed by atoms with E-state index >= 15 is 0 Å². The van der Waals surface area contributed by atoms with E-state index in [1.165, 1.54) is 11.1 Å². The second-order valence-corrected chi connectivity index (χ2v) is 6.94. The number of carbonyl (C=O) groups excluding carboxylic acids is 2. The van der Waals surface area contributed by atoms with Crippen LogP contribution in [0.25, 0.3) is 0 Å². The summed E-state index contributed by atoms with van der Waals surface area (Å²) in [7, 11) is 3.30. The first-order chi connectivity index (χ1) is 14.4. The lowest BCUT2D eigenvalue weighted by molar-refractivity contribution is -0.130. The Morgan fingerprint density at radius 3 is 2.47 bits per heavy atom. The van der Waals surface area contributed by atoms with Gasteiger partial charge in [0.15, 0.2) is 6.61 Å². The van der Waals surface area contributed by atoms with Crippen molar-refractivity contribution in [3.63, 3.8) is 0 Å². The third kappa shape index (κ3) is 5.96. The normalized spacial score (nSPS) is 10.2. The van der Waals surface area contributed by atoms with Gasteiger partial charge in [0.05, 0.1) is 11.9 Å². The van der Waals surface area contributed by atoms with Gasteiger partial charge in [-0.2, -0.15) is 0 Å². The van der Waals surface area contributed by atoms with E-state index in [-0.39, 0.29) is 18.4 Å². The van der Waals surface area contributed by atoms with Gasteiger partial charge in [-0.25, -0.2) is 4.98 Å². The van der Waals surface area contributed by atoms with Crippen LogP contribution in [0.4, 0.5) is 5.69 Å². The van der Waals surface area contributed by atoms with Gasteiger partial charge in [0.25, 0.3) is 11.8 Å². The van der Waals surface area contributed by atoms with Gasteiger partial charge >= 0.3 is 0 Å². The Balaban J connectivity index is 1.59. The van der Waals surface area contributed by atoms with Crippen molar-refractivity contribution in [2.45, 2.75) is 0 Å². The molecule has 0 saturated carbocycles. The van der Waals surface area contributed by atoms with Crippen LogP contribution >= 0.6 is 11.6 Å². The van der Waals surface area contributed by atoms with Crippen LogP contribution in [0.2, 0.25) is 5.02 Å². The molecule has 3 rings (SSSR count). The minimum Gasteiger partial charge on any atom is -0.484 e. The van der Waals surface area contributed by atoms with Gasteiger partial charge in [-0.3, -0.25) is 9.59 Å². The molecule has 0 spiro atoms. The van der Waals surface area contributed by atoms with E-state index in [1.54, 1.807) is 74.8 Å². The summed E-state index contributed by atoms with van der Waals surface area (Å²) in [6, 6.07) is 16.9. The van der Waals surface area contributed by atoms with Gasteiger partial charge in [0.1, 0.15) is 11.5 Å². The summed E-state index contributed by atoms with van der Waals surface area (Å²) in [5.41, 5.74) is 0.906. The summed E-state index contributed by atoms with van der Waals surface area (Å²) < 4.78 is 11.1. The zero-order chi connectivity index (χ0) is 21.5. The summed E-state index contributed by atoms with van der Waals surface area (Å²) >= 11 is 5.85. The predicted octanol–water partition coefficient (Wildman–Crippen LogP) is 4.25. The van der Waals surface area contributed by atoms with E-state index in [0.717, 1.165) is 0 Å². The lowest BCUT2D eigenvalue weighted by Gasteiger charge is -2.12. The Morgan fingerprint density at radius 2 is 1.80 bits per heavy atom. The Morgan fingerprint density at radius 1 is 1.03 bits per heavy atom. The van der Waals surface area contributed by atoms with Crippen LogP contribution in [0.3, 0.4) is 0 Å². The van der Waals surface area contributed by atoms with Crippen LogP contribution in [-0.2, 0) is 4.79 Å². The van der Waals surface area contributed by atoms with Crippen LogP contribution in [0, 0.1) is 0 Å². The molecule has 1 aromatic heterocycles. The number of nitrogens with zero attached hydrogens (tertiary/aromatic N) is 2. The maximum absolute atomic E-state index is 12.5. The molecule has 3 aromatic rings. The third-order valence-electron chi connectivity index (χ3n) is 3.99. The molecule has 0 atom stereocenters. The van der Waals surface area contributed by atoms with Gasteiger partial charge in [-0.15, -0.1) is 0 Å². The minimum atomic E-state index is -0.326. The molecule has 0 aliphatic rings. The van der Waals surface area contributed by atoms with E-state index in [2.05, 4.69) is 10.3 Å². The second kappa shape index (κ2) is 9.76. The molecular weight excluding hydrogens is 406 g/mol. The Hall–Kier alpha value is -3.58. The molecule has 0 saturated heterocycles. The molecule has 0 bridgehead atoms. The van der Waals surface area contributed by atoms with Gasteiger partial charge in [0.2, 0.25) is 5.88 Å². The summed E-state index contributed by atoms with van der Waals surface area (Å²) in [6.45, 7) is -0.100. The maximum Gasteiger partial charge on any atom is 0.259 e. The molecule has 0 radical (unpaired) electrons. The summed E-state index contributed by atoms with van der Waals surface area (Å²) in [4.78, 5) is 29.8. The summed E-state index contributed by atoms with van der Waals surface area (Å²) in [5, 5.41) is 3.38. The summed E-state index contributed by atoms with van der Waals surface area (Å²) in [5.74, 6) is 0.927. The first-order valence-electron chi connectivity index (χ1n) is 9.04. The molecule has 0 unspecified atom stereocenters. The van der Waals surface area contributed by atoms with Crippen LogP contribution in [0.5, 0.6) is 17.4 Å². The SMILES string of the molecule is CN(C)C(=O)COc1cccc(C(=O)Nc2ccc(Oc3ccc(Cl)cc3)nc2)c1. The van der Waals surface area contributed by atoms with Crippen molar-refractivity contribution in [2.75, 3.05) is 26.0 Å². The predicted molar refractivity (Wildman–Crippen MR) is 114 cm³/mol. The molecule has 0 aliphatic heterocycles. The molecule has 30 heavy (non-hydrogen) atoms. The van der Waals surface area contributed by atoms with Gasteiger partial charge < -0.3 is 19.7 Å². The van der Waals surface area contributed by atoms with Crippen molar-refractivity contribution < 1.29 is 19.1 Å². The van der Waals surface area contributed by atoms with E-state index in [0.29, 0.717) is 33.7 Å². The smallest absolute Gasteiger partial charge is 0.259 e. The number of aromatic nitrogens is 1. The number of hydrogen-bond donors (Lipinski definition) is 1. The highest BCUT2D eigenvalue weighted by Gasteiger charge is 2.10. The van der Waals surface area contributed by atoms with Gasteiger partial charge in [0, 0.05) is 30.7 Å². The van der Waals surface area contributed by atoms with Crippen molar-refractivity contribution in [2.24, 2.45) is 0 Å². The highest BCUT2D eigenvalue weighted by molar-refractivity contribution is 6.30. The lowest BCUT2D eigenvalue weighted by atomic mass is 10.2. The molecular formula is C22H20ClN3O4. The Bertz CT molecular complexity index is 1020. The van der Waals surface area contributed by atoms with Crippen LogP contribution in [0.15, 0.2) is 66.9 Å². The zero-order valence-electron chi connectivity index (χ0n) is 16.5. The number of amides is 2. The molecule has 1 N–H and O–H groups in total. The van der Waals surface area contributed by atoms with E-state index in [4.69, 9.17) is 21.1 Å². The van der Waals surface area contributed by atoms with Crippen molar-refractivity contribution in [3.8, 4) is 17.4 Å². The number of rotatable bonds is 7. The van der Waals surface area contributed by atoms with E-state index < -0.39 is 0 Å². The van der Waals surface area contributed by atoms with Crippen molar-refractivity contribution in [3.05, 3.63) is 77.4 Å². The van der Waals surface area contributed by atoms with Gasteiger partial charge in [-0.05, 0) is 48.5 Å². The second-order valence-electron chi connectivity index (χ2n) is 6.50. The standard InChI is InChI=1S/C22H20ClN3O4/c1-26(2)21(27)14-29-19-5-3-4-15(12-19)22(28)25-17-8-11-20(24-13-17)30-18-9-6-16(23)7-10-18/h3-13H,14H2,1-2H3,(H,25,28). The molecule has 7 nitrogen and oxygen atoms in total. The number of carbonyl (C=O) groups is 2. The topological polar surface area (TPSA) is 80.8 Å². The Kier molecular flexibility index (Phi) is 6.87. The van der Waals surface area contributed by atoms with Gasteiger partial charge in [-0.1, -0.05) is 17.7 Å². The van der Waals surface area contributed by atoms with E-state index in [9.17, 15) is 9.59 Å². The molecule has 8 heteroatoms.